The van der Waals surface area contributed by atoms with Crippen LogP contribution in [-0.4, -0.2) is 36.8 Å². The lowest BCUT2D eigenvalue weighted by Gasteiger charge is -2.14. The number of benzene rings is 1. The van der Waals surface area contributed by atoms with Gasteiger partial charge in [0.1, 0.15) is 0 Å². The number of carbonyl (C=O) groups is 1. The molecule has 0 spiro atoms. The van der Waals surface area contributed by atoms with Crippen LogP contribution in [0.25, 0.3) is 0 Å². The van der Waals surface area contributed by atoms with Crippen molar-refractivity contribution in [2.24, 2.45) is 5.92 Å². The Bertz CT molecular complexity index is 425. The van der Waals surface area contributed by atoms with Gasteiger partial charge < -0.3 is 15.7 Å². The fourth-order valence-corrected chi connectivity index (χ4v) is 2.25. The van der Waals surface area contributed by atoms with Crippen molar-refractivity contribution in [3.63, 3.8) is 0 Å². The van der Waals surface area contributed by atoms with Crippen molar-refractivity contribution >= 4 is 17.5 Å². The van der Waals surface area contributed by atoms with E-state index in [4.69, 9.17) is 11.6 Å². The van der Waals surface area contributed by atoms with Gasteiger partial charge in [0.25, 0.3) is 0 Å². The molecule has 1 aliphatic rings. The van der Waals surface area contributed by atoms with Gasteiger partial charge >= 0.3 is 0 Å². The summed E-state index contributed by atoms with van der Waals surface area (Å²) in [5.41, 5.74) is 0.821. The largest absolute Gasteiger partial charge is 0.391 e. The van der Waals surface area contributed by atoms with Gasteiger partial charge in [0.05, 0.1) is 12.5 Å². The molecule has 4 nitrogen and oxygen atoms in total. The SMILES string of the molecule is O=C(Cc1ccccc1Cl)NCC1CNCC1O. The summed E-state index contributed by atoms with van der Waals surface area (Å²) in [6.45, 7) is 1.84. The van der Waals surface area contributed by atoms with Crippen molar-refractivity contribution < 1.29 is 9.90 Å². The molecular formula is C13H17ClN2O2. The van der Waals surface area contributed by atoms with Gasteiger partial charge in [0, 0.05) is 30.6 Å². The van der Waals surface area contributed by atoms with Crippen LogP contribution in [0.1, 0.15) is 5.56 Å². The van der Waals surface area contributed by atoms with Gasteiger partial charge in [-0.3, -0.25) is 4.79 Å². The van der Waals surface area contributed by atoms with Gasteiger partial charge in [-0.2, -0.15) is 0 Å². The Labute approximate surface area is 111 Å². The number of aliphatic hydroxyl groups is 1. The first kappa shape index (κ1) is 13.3. The van der Waals surface area contributed by atoms with Crippen molar-refractivity contribution in [3.05, 3.63) is 34.9 Å². The molecule has 3 N–H and O–H groups in total. The van der Waals surface area contributed by atoms with Crippen LogP contribution >= 0.6 is 11.6 Å². The minimum atomic E-state index is -0.370. The Kier molecular flexibility index (Phi) is 4.58. The van der Waals surface area contributed by atoms with Gasteiger partial charge in [-0.1, -0.05) is 29.8 Å². The summed E-state index contributed by atoms with van der Waals surface area (Å²) in [6.07, 6.45) is -0.0961. The zero-order valence-corrected chi connectivity index (χ0v) is 10.8. The van der Waals surface area contributed by atoms with Crippen LogP contribution in [0.4, 0.5) is 0 Å². The highest BCUT2D eigenvalue weighted by atomic mass is 35.5. The molecule has 1 aromatic carbocycles. The molecule has 0 saturated carbocycles. The fraction of sp³-hybridized carbons (Fsp3) is 0.462. The van der Waals surface area contributed by atoms with Gasteiger partial charge in [-0.25, -0.2) is 0 Å². The molecule has 18 heavy (non-hydrogen) atoms. The summed E-state index contributed by atoms with van der Waals surface area (Å²) >= 11 is 5.99. The van der Waals surface area contributed by atoms with Crippen LogP contribution in [0.5, 0.6) is 0 Å². The lowest BCUT2D eigenvalue weighted by Crippen LogP contribution is -2.35. The van der Waals surface area contributed by atoms with Crippen LogP contribution in [0.3, 0.4) is 0 Å². The standard InChI is InChI=1S/C13H17ClN2O2/c14-11-4-2-1-3-9(11)5-13(18)16-7-10-6-15-8-12(10)17/h1-4,10,12,15,17H,5-8H2,(H,16,18). The van der Waals surface area contributed by atoms with Gasteiger partial charge in [0.15, 0.2) is 0 Å². The number of amides is 1. The Hall–Kier alpha value is -1.10. The Morgan fingerprint density at radius 3 is 2.89 bits per heavy atom. The summed E-state index contributed by atoms with van der Waals surface area (Å²) < 4.78 is 0. The van der Waals surface area contributed by atoms with Crippen molar-refractivity contribution in [1.82, 2.24) is 10.6 Å². The fourth-order valence-electron chi connectivity index (χ4n) is 2.05. The second-order valence-electron chi connectivity index (χ2n) is 4.56. The molecule has 1 heterocycles. The third kappa shape index (κ3) is 3.45. The van der Waals surface area contributed by atoms with E-state index < -0.39 is 0 Å². The Morgan fingerprint density at radius 1 is 1.44 bits per heavy atom. The van der Waals surface area contributed by atoms with Crippen LogP contribution in [0.2, 0.25) is 5.02 Å². The van der Waals surface area contributed by atoms with Crippen molar-refractivity contribution in [2.75, 3.05) is 19.6 Å². The molecule has 0 aliphatic carbocycles. The quantitative estimate of drug-likeness (QED) is 0.749. The Morgan fingerprint density at radius 2 is 2.22 bits per heavy atom. The average Bonchev–Trinajstić information content (AvgIpc) is 2.75. The zero-order chi connectivity index (χ0) is 13.0. The number of hydrogen-bond donors (Lipinski definition) is 3. The van der Waals surface area contributed by atoms with Gasteiger partial charge in [-0.15, -0.1) is 0 Å². The van der Waals surface area contributed by atoms with Gasteiger partial charge in [-0.05, 0) is 11.6 Å². The number of carbonyl (C=O) groups excluding carboxylic acids is 1. The number of nitrogens with one attached hydrogen (secondary N) is 2. The first-order valence-electron chi connectivity index (χ1n) is 6.05. The number of β-amino-alcohol motifs (C(OH)–C–C–N with tert-alkyl or cyclic N) is 1. The number of rotatable bonds is 4. The van der Waals surface area contributed by atoms with E-state index in [0.717, 1.165) is 12.1 Å². The molecule has 5 heteroatoms. The third-order valence-corrected chi connectivity index (χ3v) is 3.54. The van der Waals surface area contributed by atoms with E-state index in [0.29, 0.717) is 18.1 Å². The van der Waals surface area contributed by atoms with Gasteiger partial charge in [0.2, 0.25) is 5.91 Å². The predicted octanol–water partition coefficient (Wildman–Crippen LogP) is 0.579. The molecule has 1 fully saturated rings. The molecule has 2 rings (SSSR count). The highest BCUT2D eigenvalue weighted by Gasteiger charge is 2.24. The van der Waals surface area contributed by atoms with E-state index in [1.165, 1.54) is 0 Å². The molecule has 0 aromatic heterocycles. The summed E-state index contributed by atoms with van der Waals surface area (Å²) in [6, 6.07) is 7.31. The van der Waals surface area contributed by atoms with E-state index in [1.807, 2.05) is 18.2 Å². The van der Waals surface area contributed by atoms with E-state index >= 15 is 0 Å². The summed E-state index contributed by atoms with van der Waals surface area (Å²) in [7, 11) is 0. The minimum absolute atomic E-state index is 0.0674. The van der Waals surface area contributed by atoms with E-state index in [9.17, 15) is 9.90 Å². The smallest absolute Gasteiger partial charge is 0.224 e. The van der Waals surface area contributed by atoms with Crippen LogP contribution in [-0.2, 0) is 11.2 Å². The molecule has 1 aromatic rings. The molecule has 0 radical (unpaired) electrons. The molecule has 98 valence electrons. The number of halogens is 1. The molecule has 2 unspecified atom stereocenters. The molecule has 1 amide bonds. The normalized spacial score (nSPS) is 23.0. The lowest BCUT2D eigenvalue weighted by atomic mass is 10.1. The van der Waals surface area contributed by atoms with Crippen molar-refractivity contribution in [1.29, 1.82) is 0 Å². The van der Waals surface area contributed by atoms with Crippen LogP contribution < -0.4 is 10.6 Å². The zero-order valence-electron chi connectivity index (χ0n) is 10.0. The third-order valence-electron chi connectivity index (χ3n) is 3.17. The predicted molar refractivity (Wildman–Crippen MR) is 70.5 cm³/mol. The van der Waals surface area contributed by atoms with Crippen molar-refractivity contribution in [3.8, 4) is 0 Å². The summed E-state index contributed by atoms with van der Waals surface area (Å²) in [5, 5.41) is 16.1. The highest BCUT2D eigenvalue weighted by molar-refractivity contribution is 6.31. The second-order valence-corrected chi connectivity index (χ2v) is 4.97. The summed E-state index contributed by atoms with van der Waals surface area (Å²) in [4.78, 5) is 11.8. The van der Waals surface area contributed by atoms with Crippen molar-refractivity contribution in [2.45, 2.75) is 12.5 Å². The molecule has 2 atom stereocenters. The van der Waals surface area contributed by atoms with E-state index in [-0.39, 0.29) is 24.3 Å². The average molecular weight is 269 g/mol. The number of aliphatic hydroxyl groups excluding tert-OH is 1. The second kappa shape index (κ2) is 6.18. The van der Waals surface area contributed by atoms with Crippen LogP contribution in [0, 0.1) is 5.92 Å². The van der Waals surface area contributed by atoms with Crippen LogP contribution in [0.15, 0.2) is 24.3 Å². The molecule has 1 aliphatic heterocycles. The first-order chi connectivity index (χ1) is 8.66. The molecule has 1 saturated heterocycles. The summed E-state index contributed by atoms with van der Waals surface area (Å²) in [5.74, 6) is 0.0300. The topological polar surface area (TPSA) is 61.4 Å². The first-order valence-corrected chi connectivity index (χ1v) is 6.43. The van der Waals surface area contributed by atoms with E-state index in [2.05, 4.69) is 10.6 Å². The molecular weight excluding hydrogens is 252 g/mol. The maximum atomic E-state index is 11.8. The highest BCUT2D eigenvalue weighted by Crippen LogP contribution is 2.15. The van der Waals surface area contributed by atoms with E-state index in [1.54, 1.807) is 6.07 Å². The molecule has 0 bridgehead atoms. The maximum absolute atomic E-state index is 11.8. The lowest BCUT2D eigenvalue weighted by molar-refractivity contribution is -0.120. The number of hydrogen-bond acceptors (Lipinski definition) is 3. The maximum Gasteiger partial charge on any atom is 0.224 e. The monoisotopic (exact) mass is 268 g/mol. The Balaban J connectivity index is 1.80. The minimum Gasteiger partial charge on any atom is -0.391 e.